The van der Waals surface area contributed by atoms with Crippen LogP contribution in [-0.2, 0) is 4.79 Å². The topological polar surface area (TPSA) is 41.1 Å². The van der Waals surface area contributed by atoms with E-state index in [1.807, 2.05) is 19.9 Å². The first-order valence-electron chi connectivity index (χ1n) is 8.78. The van der Waals surface area contributed by atoms with Crippen LogP contribution in [0.2, 0.25) is 0 Å². The first kappa shape index (κ1) is 23.7. The van der Waals surface area contributed by atoms with E-state index < -0.39 is 0 Å². The van der Waals surface area contributed by atoms with Gasteiger partial charge in [0, 0.05) is 6.54 Å². The summed E-state index contributed by atoms with van der Waals surface area (Å²) in [6, 6.07) is 0. The Balaban J connectivity index is 0. The third-order valence-corrected chi connectivity index (χ3v) is 3.21. The molecule has 132 valence electrons. The maximum Gasteiger partial charge on any atom is 0.259 e. The lowest BCUT2D eigenvalue weighted by Crippen LogP contribution is -2.25. The number of carbonyl (C=O) groups is 1. The Morgan fingerprint density at radius 2 is 1.57 bits per heavy atom. The largest absolute Gasteiger partial charge is 0.351 e. The molecule has 3 heteroatoms. The second-order valence-electron chi connectivity index (χ2n) is 5.80. The number of amides is 1. The van der Waals surface area contributed by atoms with Gasteiger partial charge in [0.2, 0.25) is 0 Å². The number of rotatable bonds is 9. The van der Waals surface area contributed by atoms with Crippen LogP contribution in [0.3, 0.4) is 0 Å². The van der Waals surface area contributed by atoms with Crippen LogP contribution in [0.4, 0.5) is 0 Å². The molecule has 0 rings (SSSR count). The minimum absolute atomic E-state index is 0.169. The van der Waals surface area contributed by atoms with Crippen LogP contribution in [0.1, 0.15) is 60.8 Å². The van der Waals surface area contributed by atoms with E-state index in [2.05, 4.69) is 44.2 Å². The Hall–Kier alpha value is -1.53. The molecule has 0 spiro atoms. The van der Waals surface area contributed by atoms with Crippen LogP contribution in [0.15, 0.2) is 23.3 Å². The van der Waals surface area contributed by atoms with Crippen molar-refractivity contribution in [3.05, 3.63) is 23.3 Å². The van der Waals surface area contributed by atoms with Crippen molar-refractivity contribution in [1.29, 1.82) is 0 Å². The summed E-state index contributed by atoms with van der Waals surface area (Å²) in [5.41, 5.74) is 1.59. The molecule has 0 aliphatic heterocycles. The third-order valence-electron chi connectivity index (χ3n) is 3.21. The number of hydrogen-bond acceptors (Lipinski definition) is 2. The minimum atomic E-state index is -0.169. The molecular weight excluding hydrogens is 284 g/mol. The van der Waals surface area contributed by atoms with Crippen molar-refractivity contribution in [2.75, 3.05) is 19.6 Å². The zero-order valence-corrected chi connectivity index (χ0v) is 16.0. The van der Waals surface area contributed by atoms with E-state index in [9.17, 15) is 4.79 Å². The van der Waals surface area contributed by atoms with E-state index in [4.69, 9.17) is 6.42 Å². The second-order valence-corrected chi connectivity index (χ2v) is 5.80. The maximum atomic E-state index is 11.6. The van der Waals surface area contributed by atoms with E-state index in [-0.39, 0.29) is 5.91 Å². The molecule has 23 heavy (non-hydrogen) atoms. The molecule has 0 unspecified atom stereocenters. The Kier molecular flexibility index (Phi) is 17.4. The fraction of sp³-hybridized carbons (Fsp3) is 0.650. The molecule has 0 atom stereocenters. The standard InChI is InChI=1S/C14H21NO.C6H15N/c1-6-10-15-14(16)13(7-2)9-8-12(5)11(3)4;1-3-5-7-6-4-2/h2,8-9,11H,6,10H2,1,3-5H3,(H,15,16);7H,3-6H2,1-2H3/b12-8+,13-9+;. The summed E-state index contributed by atoms with van der Waals surface area (Å²) in [7, 11) is 0. The molecule has 1 amide bonds. The number of allylic oxidation sites excluding steroid dienone is 3. The minimum Gasteiger partial charge on any atom is -0.351 e. The van der Waals surface area contributed by atoms with Gasteiger partial charge in [-0.3, -0.25) is 4.79 Å². The molecule has 0 heterocycles. The van der Waals surface area contributed by atoms with Gasteiger partial charge in [-0.05, 0) is 51.3 Å². The predicted octanol–water partition coefficient (Wildman–Crippen LogP) is 4.07. The summed E-state index contributed by atoms with van der Waals surface area (Å²) in [5, 5.41) is 6.04. The van der Waals surface area contributed by atoms with Gasteiger partial charge in [-0.1, -0.05) is 52.2 Å². The van der Waals surface area contributed by atoms with Gasteiger partial charge in [-0.15, -0.1) is 6.42 Å². The lowest BCUT2D eigenvalue weighted by Gasteiger charge is -2.04. The lowest BCUT2D eigenvalue weighted by molar-refractivity contribution is -0.117. The average molecular weight is 321 g/mol. The highest BCUT2D eigenvalue weighted by atomic mass is 16.1. The van der Waals surface area contributed by atoms with Crippen LogP contribution in [0.5, 0.6) is 0 Å². The van der Waals surface area contributed by atoms with Crippen LogP contribution < -0.4 is 10.6 Å². The first-order valence-corrected chi connectivity index (χ1v) is 8.78. The van der Waals surface area contributed by atoms with Crippen molar-refractivity contribution >= 4 is 5.91 Å². The van der Waals surface area contributed by atoms with E-state index in [1.165, 1.54) is 31.5 Å². The van der Waals surface area contributed by atoms with Crippen molar-refractivity contribution in [2.45, 2.75) is 60.8 Å². The highest BCUT2D eigenvalue weighted by Gasteiger charge is 2.04. The predicted molar refractivity (Wildman–Crippen MR) is 102 cm³/mol. The highest BCUT2D eigenvalue weighted by Crippen LogP contribution is 2.08. The van der Waals surface area contributed by atoms with Gasteiger partial charge in [0.15, 0.2) is 0 Å². The molecule has 0 aromatic rings. The van der Waals surface area contributed by atoms with Gasteiger partial charge in [0.25, 0.3) is 5.91 Å². The van der Waals surface area contributed by atoms with Crippen LogP contribution >= 0.6 is 0 Å². The molecular formula is C20H36N2O. The smallest absolute Gasteiger partial charge is 0.259 e. The number of hydrogen-bond donors (Lipinski definition) is 2. The average Bonchev–Trinajstić information content (AvgIpc) is 2.54. The van der Waals surface area contributed by atoms with E-state index >= 15 is 0 Å². The van der Waals surface area contributed by atoms with Gasteiger partial charge in [-0.2, -0.15) is 0 Å². The molecule has 0 aromatic heterocycles. The number of nitrogens with one attached hydrogen (secondary N) is 2. The van der Waals surface area contributed by atoms with Crippen LogP contribution in [0.25, 0.3) is 0 Å². The summed E-state index contributed by atoms with van der Waals surface area (Å²) in [6.07, 6.45) is 12.3. The fourth-order valence-electron chi connectivity index (χ4n) is 1.41. The molecule has 0 aliphatic carbocycles. The SMILES string of the molecule is C#C/C(=C\C=C(/C)C(C)C)C(=O)NCCC.CCCNCCC. The van der Waals surface area contributed by atoms with Crippen molar-refractivity contribution in [3.63, 3.8) is 0 Å². The van der Waals surface area contributed by atoms with Gasteiger partial charge in [-0.25, -0.2) is 0 Å². The molecule has 0 bridgehead atoms. The molecule has 0 radical (unpaired) electrons. The monoisotopic (exact) mass is 320 g/mol. The highest BCUT2D eigenvalue weighted by molar-refractivity contribution is 5.97. The number of carbonyl (C=O) groups excluding carboxylic acids is 1. The van der Waals surface area contributed by atoms with E-state index in [0.717, 1.165) is 6.42 Å². The van der Waals surface area contributed by atoms with Crippen LogP contribution in [-0.4, -0.2) is 25.5 Å². The molecule has 0 saturated carbocycles. The van der Waals surface area contributed by atoms with Gasteiger partial charge in [0.05, 0.1) is 5.57 Å². The Morgan fingerprint density at radius 3 is 1.96 bits per heavy atom. The zero-order valence-electron chi connectivity index (χ0n) is 16.0. The summed E-state index contributed by atoms with van der Waals surface area (Å²) in [5.74, 6) is 2.71. The first-order chi connectivity index (χ1) is 10.9. The second kappa shape index (κ2) is 16.8. The third kappa shape index (κ3) is 15.1. The summed E-state index contributed by atoms with van der Waals surface area (Å²) in [4.78, 5) is 11.6. The molecule has 3 nitrogen and oxygen atoms in total. The van der Waals surface area contributed by atoms with E-state index in [0.29, 0.717) is 18.0 Å². The van der Waals surface area contributed by atoms with Crippen LogP contribution in [0, 0.1) is 18.3 Å². The Morgan fingerprint density at radius 1 is 1.04 bits per heavy atom. The van der Waals surface area contributed by atoms with Gasteiger partial charge >= 0.3 is 0 Å². The summed E-state index contributed by atoms with van der Waals surface area (Å²) in [6.45, 7) is 15.6. The Bertz CT molecular complexity index is 396. The zero-order chi connectivity index (χ0) is 18.1. The molecule has 0 aliphatic rings. The quantitative estimate of drug-likeness (QED) is 0.291. The number of terminal acetylenes is 1. The van der Waals surface area contributed by atoms with Crippen molar-refractivity contribution in [1.82, 2.24) is 10.6 Å². The lowest BCUT2D eigenvalue weighted by atomic mass is 10.0. The van der Waals surface area contributed by atoms with Crippen molar-refractivity contribution in [2.24, 2.45) is 5.92 Å². The van der Waals surface area contributed by atoms with Gasteiger partial charge < -0.3 is 10.6 Å². The molecule has 2 N–H and O–H groups in total. The molecule has 0 saturated heterocycles. The van der Waals surface area contributed by atoms with Gasteiger partial charge in [0.1, 0.15) is 0 Å². The maximum absolute atomic E-state index is 11.6. The Labute approximate surface area is 144 Å². The van der Waals surface area contributed by atoms with Crippen molar-refractivity contribution in [3.8, 4) is 12.3 Å². The normalized spacial score (nSPS) is 11.6. The summed E-state index contributed by atoms with van der Waals surface area (Å²) < 4.78 is 0. The molecule has 0 aromatic carbocycles. The summed E-state index contributed by atoms with van der Waals surface area (Å²) >= 11 is 0. The molecule has 0 fully saturated rings. The fourth-order valence-corrected chi connectivity index (χ4v) is 1.41. The van der Waals surface area contributed by atoms with Crippen molar-refractivity contribution < 1.29 is 4.79 Å². The van der Waals surface area contributed by atoms with E-state index in [1.54, 1.807) is 6.08 Å².